The maximum atomic E-state index is 4.69. The predicted octanol–water partition coefficient (Wildman–Crippen LogP) is 1.46. The van der Waals surface area contributed by atoms with Gasteiger partial charge in [-0.25, -0.2) is 0 Å². The summed E-state index contributed by atoms with van der Waals surface area (Å²) >= 11 is 0. The van der Waals surface area contributed by atoms with Gasteiger partial charge in [0.05, 0.1) is 0 Å². The predicted molar refractivity (Wildman–Crippen MR) is 27.9 cm³/mol. The van der Waals surface area contributed by atoms with Gasteiger partial charge in [-0.15, -0.1) is 0 Å². The standard InChI is InChI=1S/C6H10O2/c1-2-4-5(3-1)6-7-8-6/h5-6H,1-4H2. The van der Waals surface area contributed by atoms with Gasteiger partial charge >= 0.3 is 0 Å². The summed E-state index contributed by atoms with van der Waals surface area (Å²) in [6.45, 7) is 0. The van der Waals surface area contributed by atoms with Crippen LogP contribution in [0.25, 0.3) is 0 Å². The SMILES string of the molecule is C1CCC(C2OO2)C1. The lowest BCUT2D eigenvalue weighted by Crippen LogP contribution is -2.00. The van der Waals surface area contributed by atoms with Gasteiger partial charge in [0.25, 0.3) is 0 Å². The zero-order valence-corrected chi connectivity index (χ0v) is 4.80. The van der Waals surface area contributed by atoms with Gasteiger partial charge in [0.15, 0.2) is 0 Å². The largest absolute Gasteiger partial charge is 0.227 e. The van der Waals surface area contributed by atoms with Crippen molar-refractivity contribution in [3.05, 3.63) is 0 Å². The van der Waals surface area contributed by atoms with Crippen LogP contribution in [-0.4, -0.2) is 6.29 Å². The van der Waals surface area contributed by atoms with Gasteiger partial charge in [-0.05, 0) is 12.8 Å². The van der Waals surface area contributed by atoms with Gasteiger partial charge in [0.2, 0.25) is 6.29 Å². The summed E-state index contributed by atoms with van der Waals surface area (Å²) in [6, 6.07) is 0. The van der Waals surface area contributed by atoms with Gasteiger partial charge in [0.1, 0.15) is 0 Å². The van der Waals surface area contributed by atoms with E-state index in [2.05, 4.69) is 0 Å². The first-order chi connectivity index (χ1) is 3.97. The molecule has 0 aromatic heterocycles. The monoisotopic (exact) mass is 114 g/mol. The zero-order chi connectivity index (χ0) is 5.40. The Balaban J connectivity index is 1.86. The molecule has 0 radical (unpaired) electrons. The van der Waals surface area contributed by atoms with Crippen molar-refractivity contribution < 1.29 is 9.78 Å². The molecular formula is C6H10O2. The van der Waals surface area contributed by atoms with Crippen molar-refractivity contribution in [2.24, 2.45) is 5.92 Å². The van der Waals surface area contributed by atoms with Crippen LogP contribution in [0.1, 0.15) is 25.7 Å². The molecule has 0 bridgehead atoms. The van der Waals surface area contributed by atoms with E-state index in [1.165, 1.54) is 25.7 Å². The Morgan fingerprint density at radius 1 is 1.00 bits per heavy atom. The van der Waals surface area contributed by atoms with Gasteiger partial charge in [0, 0.05) is 5.92 Å². The minimum Gasteiger partial charge on any atom is -0.198 e. The fraction of sp³-hybridized carbons (Fsp3) is 1.00. The maximum Gasteiger partial charge on any atom is 0.227 e. The van der Waals surface area contributed by atoms with Crippen LogP contribution in [0.15, 0.2) is 0 Å². The number of rotatable bonds is 1. The highest BCUT2D eigenvalue weighted by atomic mass is 17.4. The van der Waals surface area contributed by atoms with E-state index in [1.807, 2.05) is 0 Å². The summed E-state index contributed by atoms with van der Waals surface area (Å²) in [5, 5.41) is 0. The Morgan fingerprint density at radius 2 is 1.62 bits per heavy atom. The van der Waals surface area contributed by atoms with Gasteiger partial charge in [-0.3, -0.25) is 0 Å². The highest BCUT2D eigenvalue weighted by Gasteiger charge is 2.37. The first kappa shape index (κ1) is 4.77. The van der Waals surface area contributed by atoms with Crippen LogP contribution < -0.4 is 0 Å². The molecule has 0 amide bonds. The Bertz CT molecular complexity index is 82.5. The zero-order valence-electron chi connectivity index (χ0n) is 4.80. The van der Waals surface area contributed by atoms with E-state index in [1.54, 1.807) is 0 Å². The Hall–Kier alpha value is -0.0800. The first-order valence-electron chi connectivity index (χ1n) is 3.29. The molecule has 2 aliphatic rings. The van der Waals surface area contributed by atoms with E-state index in [-0.39, 0.29) is 6.29 Å². The quantitative estimate of drug-likeness (QED) is 0.381. The Morgan fingerprint density at radius 3 is 2.12 bits per heavy atom. The van der Waals surface area contributed by atoms with Crippen LogP contribution in [0, 0.1) is 5.92 Å². The second kappa shape index (κ2) is 1.71. The van der Waals surface area contributed by atoms with E-state index < -0.39 is 0 Å². The van der Waals surface area contributed by atoms with Crippen LogP contribution in [0.3, 0.4) is 0 Å². The molecule has 1 aliphatic heterocycles. The maximum absolute atomic E-state index is 4.69. The van der Waals surface area contributed by atoms with Crippen molar-refractivity contribution in [2.45, 2.75) is 32.0 Å². The molecule has 2 heteroatoms. The molecular weight excluding hydrogens is 104 g/mol. The summed E-state index contributed by atoms with van der Waals surface area (Å²) < 4.78 is 0. The molecule has 1 saturated carbocycles. The van der Waals surface area contributed by atoms with Crippen molar-refractivity contribution in [3.8, 4) is 0 Å². The van der Waals surface area contributed by atoms with Crippen LogP contribution in [0.4, 0.5) is 0 Å². The summed E-state index contributed by atoms with van der Waals surface area (Å²) in [5.74, 6) is 0.731. The Labute approximate surface area is 48.7 Å². The highest BCUT2D eigenvalue weighted by molar-refractivity contribution is 4.71. The summed E-state index contributed by atoms with van der Waals surface area (Å²) in [5.41, 5.74) is 0. The van der Waals surface area contributed by atoms with Crippen LogP contribution in [0.2, 0.25) is 0 Å². The highest BCUT2D eigenvalue weighted by Crippen LogP contribution is 2.35. The van der Waals surface area contributed by atoms with Crippen molar-refractivity contribution in [1.82, 2.24) is 0 Å². The molecule has 1 aliphatic carbocycles. The Kier molecular flexibility index (Phi) is 1.02. The van der Waals surface area contributed by atoms with Crippen molar-refractivity contribution in [2.75, 3.05) is 0 Å². The molecule has 2 rings (SSSR count). The lowest BCUT2D eigenvalue weighted by Gasteiger charge is -1.95. The molecule has 0 spiro atoms. The normalized spacial score (nSPS) is 31.5. The second-order valence-electron chi connectivity index (χ2n) is 2.61. The van der Waals surface area contributed by atoms with Crippen LogP contribution in [0.5, 0.6) is 0 Å². The molecule has 0 aromatic carbocycles. The van der Waals surface area contributed by atoms with Gasteiger partial charge in [-0.1, -0.05) is 12.8 Å². The topological polar surface area (TPSA) is 25.1 Å². The second-order valence-corrected chi connectivity index (χ2v) is 2.61. The molecule has 2 nitrogen and oxygen atoms in total. The van der Waals surface area contributed by atoms with E-state index in [9.17, 15) is 0 Å². The number of hydrogen-bond acceptors (Lipinski definition) is 2. The third-order valence-corrected chi connectivity index (χ3v) is 1.99. The van der Waals surface area contributed by atoms with E-state index in [0.717, 1.165) is 5.92 Å². The molecule has 2 fully saturated rings. The molecule has 0 aromatic rings. The van der Waals surface area contributed by atoms with Crippen molar-refractivity contribution >= 4 is 0 Å². The van der Waals surface area contributed by atoms with E-state index >= 15 is 0 Å². The lowest BCUT2D eigenvalue weighted by molar-refractivity contribution is 0.0850. The molecule has 0 unspecified atom stereocenters. The summed E-state index contributed by atoms with van der Waals surface area (Å²) in [4.78, 5) is 9.38. The average Bonchev–Trinajstić information content (AvgIpc) is 2.49. The molecule has 1 saturated heterocycles. The lowest BCUT2D eigenvalue weighted by atomic mass is 10.1. The minimum atomic E-state index is 0.192. The van der Waals surface area contributed by atoms with E-state index in [4.69, 9.17) is 9.78 Å². The molecule has 8 heavy (non-hydrogen) atoms. The van der Waals surface area contributed by atoms with E-state index in [0.29, 0.717) is 0 Å². The van der Waals surface area contributed by atoms with Crippen LogP contribution >= 0.6 is 0 Å². The average molecular weight is 114 g/mol. The smallest absolute Gasteiger partial charge is 0.198 e. The summed E-state index contributed by atoms with van der Waals surface area (Å²) in [7, 11) is 0. The van der Waals surface area contributed by atoms with Crippen molar-refractivity contribution in [3.63, 3.8) is 0 Å². The van der Waals surface area contributed by atoms with Crippen LogP contribution in [-0.2, 0) is 9.78 Å². The van der Waals surface area contributed by atoms with Gasteiger partial charge < -0.3 is 0 Å². The number of hydrogen-bond donors (Lipinski definition) is 0. The summed E-state index contributed by atoms with van der Waals surface area (Å²) in [6.07, 6.45) is 5.55. The fourth-order valence-corrected chi connectivity index (χ4v) is 1.42. The minimum absolute atomic E-state index is 0.192. The molecule has 46 valence electrons. The fourth-order valence-electron chi connectivity index (χ4n) is 1.42. The first-order valence-corrected chi connectivity index (χ1v) is 3.29. The third kappa shape index (κ3) is 0.740. The third-order valence-electron chi connectivity index (χ3n) is 1.99. The van der Waals surface area contributed by atoms with Gasteiger partial charge in [-0.2, -0.15) is 9.78 Å². The van der Waals surface area contributed by atoms with Crippen molar-refractivity contribution in [1.29, 1.82) is 0 Å². The molecule has 0 atom stereocenters. The molecule has 0 N–H and O–H groups in total. The molecule has 1 heterocycles.